The van der Waals surface area contributed by atoms with Gasteiger partial charge >= 0.3 is 6.09 Å². The van der Waals surface area contributed by atoms with Crippen molar-refractivity contribution in [2.45, 2.75) is 116 Å². The Hall–Kier alpha value is -3.05. The molecule has 5 atom stereocenters. The number of hydrogen-bond acceptors (Lipinski definition) is 7. The number of rotatable bonds is 11. The summed E-state index contributed by atoms with van der Waals surface area (Å²) in [6, 6.07) is 29.3. The Labute approximate surface area is 275 Å². The summed E-state index contributed by atoms with van der Waals surface area (Å²) < 4.78 is 32.7. The second kappa shape index (κ2) is 15.2. The normalized spacial score (nSPS) is 22.5. The standard InChI is InChI=1S/C37H51NO7Si/c1-36(2,3)44-35(40)38-33(39)31(42-25-28-20-14-10-15-21-28)30(41-24-27-18-12-9-13-19-27)32(43-26-29-22-16-11-17-23-29)34(38)45-46(7,8)37(4,5)6/h9-23,30-34,39H,24-26H2,1-8H3/t30-,31-,32+,33?,34+/m1/s1. The number of aliphatic hydroxyl groups is 1. The van der Waals surface area contributed by atoms with Gasteiger partial charge in [-0.25, -0.2) is 4.79 Å². The van der Waals surface area contributed by atoms with Crippen molar-refractivity contribution in [2.75, 3.05) is 0 Å². The second-order valence-corrected chi connectivity index (χ2v) is 19.1. The quantitative estimate of drug-likeness (QED) is 0.214. The van der Waals surface area contributed by atoms with E-state index in [4.69, 9.17) is 23.4 Å². The molecule has 1 N–H and O–H groups in total. The highest BCUT2D eigenvalue weighted by Gasteiger charge is 2.56. The summed E-state index contributed by atoms with van der Waals surface area (Å²) in [6.45, 7) is 16.7. The number of carbonyl (C=O) groups is 1. The van der Waals surface area contributed by atoms with Gasteiger partial charge in [-0.05, 0) is 55.6 Å². The van der Waals surface area contributed by atoms with E-state index in [1.54, 1.807) is 20.8 Å². The highest BCUT2D eigenvalue weighted by molar-refractivity contribution is 6.74. The first kappa shape index (κ1) is 35.8. The van der Waals surface area contributed by atoms with Gasteiger partial charge < -0.3 is 28.5 Å². The van der Waals surface area contributed by atoms with Crippen LogP contribution in [0.4, 0.5) is 4.79 Å². The van der Waals surface area contributed by atoms with Crippen molar-refractivity contribution in [3.05, 3.63) is 108 Å². The largest absolute Gasteiger partial charge is 0.444 e. The Bertz CT molecular complexity index is 1360. The summed E-state index contributed by atoms with van der Waals surface area (Å²) in [6.07, 6.45) is -5.83. The van der Waals surface area contributed by atoms with Crippen molar-refractivity contribution in [1.29, 1.82) is 0 Å². The van der Waals surface area contributed by atoms with Gasteiger partial charge in [0.2, 0.25) is 0 Å². The minimum atomic E-state index is -2.56. The Morgan fingerprint density at radius 3 is 1.46 bits per heavy atom. The van der Waals surface area contributed by atoms with Crippen LogP contribution in [0.1, 0.15) is 58.2 Å². The maximum atomic E-state index is 14.0. The molecular weight excluding hydrogens is 598 g/mol. The van der Waals surface area contributed by atoms with E-state index in [9.17, 15) is 9.90 Å². The van der Waals surface area contributed by atoms with E-state index in [0.717, 1.165) is 16.7 Å². The molecule has 8 nitrogen and oxygen atoms in total. The lowest BCUT2D eigenvalue weighted by atomic mass is 9.97. The molecule has 9 heteroatoms. The third-order valence-corrected chi connectivity index (χ3v) is 12.9. The molecule has 1 saturated heterocycles. The molecule has 1 heterocycles. The number of benzene rings is 3. The summed E-state index contributed by atoms with van der Waals surface area (Å²) in [5.74, 6) is 0. The van der Waals surface area contributed by atoms with Gasteiger partial charge in [0.05, 0.1) is 19.8 Å². The van der Waals surface area contributed by atoms with Crippen LogP contribution in [0.2, 0.25) is 18.1 Å². The number of carbonyl (C=O) groups excluding carboxylic acids is 1. The van der Waals surface area contributed by atoms with Crippen molar-refractivity contribution in [3.63, 3.8) is 0 Å². The Morgan fingerprint density at radius 1 is 0.674 bits per heavy atom. The molecule has 4 rings (SSSR count). The van der Waals surface area contributed by atoms with Crippen LogP contribution < -0.4 is 0 Å². The van der Waals surface area contributed by atoms with E-state index in [-0.39, 0.29) is 24.9 Å². The van der Waals surface area contributed by atoms with Crippen molar-refractivity contribution in [2.24, 2.45) is 0 Å². The summed E-state index contributed by atoms with van der Waals surface area (Å²) >= 11 is 0. The number of likely N-dealkylation sites (tertiary alicyclic amines) is 1. The number of hydrogen-bond donors (Lipinski definition) is 1. The predicted octanol–water partition coefficient (Wildman–Crippen LogP) is 7.66. The van der Waals surface area contributed by atoms with E-state index >= 15 is 0 Å². The maximum absolute atomic E-state index is 14.0. The number of aliphatic hydroxyl groups excluding tert-OH is 1. The molecule has 1 amide bonds. The first-order chi connectivity index (χ1) is 21.7. The molecule has 46 heavy (non-hydrogen) atoms. The molecule has 0 aromatic heterocycles. The minimum Gasteiger partial charge on any atom is -0.444 e. The number of piperidine rings is 1. The predicted molar refractivity (Wildman–Crippen MR) is 181 cm³/mol. The lowest BCUT2D eigenvalue weighted by Crippen LogP contribution is -2.71. The molecule has 1 aliphatic heterocycles. The van der Waals surface area contributed by atoms with Crippen LogP contribution in [-0.4, -0.2) is 60.8 Å². The highest BCUT2D eigenvalue weighted by atomic mass is 28.4. The average molecular weight is 650 g/mol. The first-order valence-electron chi connectivity index (χ1n) is 16.0. The fourth-order valence-electron chi connectivity index (χ4n) is 4.96. The summed E-state index contributed by atoms with van der Waals surface area (Å²) in [4.78, 5) is 15.3. The molecule has 1 fully saturated rings. The average Bonchev–Trinajstić information content (AvgIpc) is 2.99. The topological polar surface area (TPSA) is 86.7 Å². The van der Waals surface area contributed by atoms with Gasteiger partial charge in [0.1, 0.15) is 23.9 Å². The molecule has 1 unspecified atom stereocenters. The van der Waals surface area contributed by atoms with Gasteiger partial charge in [0.15, 0.2) is 20.8 Å². The monoisotopic (exact) mass is 649 g/mol. The lowest BCUT2D eigenvalue weighted by Gasteiger charge is -2.53. The van der Waals surface area contributed by atoms with Gasteiger partial charge in [-0.3, -0.25) is 4.90 Å². The third-order valence-electron chi connectivity index (χ3n) is 8.46. The molecule has 3 aromatic rings. The van der Waals surface area contributed by atoms with Crippen LogP contribution in [0.5, 0.6) is 0 Å². The fraction of sp³-hybridized carbons (Fsp3) is 0.486. The van der Waals surface area contributed by atoms with Gasteiger partial charge in [-0.2, -0.15) is 0 Å². The zero-order valence-corrected chi connectivity index (χ0v) is 29.5. The molecule has 3 aromatic carbocycles. The minimum absolute atomic E-state index is 0.190. The van der Waals surface area contributed by atoms with Crippen LogP contribution in [0.3, 0.4) is 0 Å². The zero-order chi connectivity index (χ0) is 33.5. The van der Waals surface area contributed by atoms with E-state index in [1.807, 2.05) is 91.0 Å². The van der Waals surface area contributed by atoms with Crippen LogP contribution in [0.25, 0.3) is 0 Å². The van der Waals surface area contributed by atoms with Crippen LogP contribution in [0.15, 0.2) is 91.0 Å². The number of nitrogens with zero attached hydrogens (tertiary/aromatic N) is 1. The first-order valence-corrected chi connectivity index (χ1v) is 18.9. The van der Waals surface area contributed by atoms with Gasteiger partial charge in [-0.15, -0.1) is 0 Å². The van der Waals surface area contributed by atoms with Gasteiger partial charge in [0, 0.05) is 0 Å². The highest BCUT2D eigenvalue weighted by Crippen LogP contribution is 2.41. The van der Waals surface area contributed by atoms with Gasteiger partial charge in [-0.1, -0.05) is 112 Å². The molecule has 0 aliphatic carbocycles. The smallest absolute Gasteiger partial charge is 0.414 e. The molecule has 1 aliphatic rings. The van der Waals surface area contributed by atoms with Crippen molar-refractivity contribution < 1.29 is 33.3 Å². The van der Waals surface area contributed by atoms with Gasteiger partial charge in [0.25, 0.3) is 0 Å². The summed E-state index contributed by atoms with van der Waals surface area (Å²) in [5, 5.41) is 11.9. The van der Waals surface area contributed by atoms with Crippen molar-refractivity contribution in [1.82, 2.24) is 4.90 Å². The Balaban J connectivity index is 1.81. The number of ether oxygens (including phenoxy) is 4. The third kappa shape index (κ3) is 9.50. The van der Waals surface area contributed by atoms with Crippen LogP contribution in [0, 0.1) is 0 Å². The van der Waals surface area contributed by atoms with Crippen LogP contribution >= 0.6 is 0 Å². The van der Waals surface area contributed by atoms with Crippen molar-refractivity contribution in [3.8, 4) is 0 Å². The zero-order valence-electron chi connectivity index (χ0n) is 28.5. The second-order valence-electron chi connectivity index (χ2n) is 14.4. The van der Waals surface area contributed by atoms with E-state index in [0.29, 0.717) is 0 Å². The number of amides is 1. The molecule has 250 valence electrons. The molecular formula is C37H51NO7Si. The lowest BCUT2D eigenvalue weighted by molar-refractivity contribution is -0.282. The Kier molecular flexibility index (Phi) is 11.9. The van der Waals surface area contributed by atoms with Crippen LogP contribution in [-0.2, 0) is 43.2 Å². The van der Waals surface area contributed by atoms with E-state index in [2.05, 4.69) is 33.9 Å². The Morgan fingerprint density at radius 2 is 1.07 bits per heavy atom. The maximum Gasteiger partial charge on any atom is 0.414 e. The fourth-order valence-corrected chi connectivity index (χ4v) is 6.17. The van der Waals surface area contributed by atoms with E-state index in [1.165, 1.54) is 4.90 Å². The summed E-state index contributed by atoms with van der Waals surface area (Å²) in [5.41, 5.74) is 2.01. The molecule has 0 bridgehead atoms. The summed E-state index contributed by atoms with van der Waals surface area (Å²) in [7, 11) is -2.56. The van der Waals surface area contributed by atoms with Crippen molar-refractivity contribution >= 4 is 14.4 Å². The van der Waals surface area contributed by atoms with E-state index < -0.39 is 50.8 Å². The molecule has 0 saturated carbocycles. The molecule has 0 radical (unpaired) electrons. The molecule has 0 spiro atoms. The SMILES string of the molecule is CC(C)(C)OC(=O)N1C(O)[C@H](OCc2ccccc2)[C@@H](OCc2ccccc2)[C@H](OCc2ccccc2)[C@@H]1O[Si](C)(C)C(C)(C)C.